The lowest BCUT2D eigenvalue weighted by Crippen LogP contribution is -2.28. The van der Waals surface area contributed by atoms with E-state index in [1.165, 1.54) is 0 Å². The Labute approximate surface area is 140 Å². The molecule has 0 aliphatic carbocycles. The van der Waals surface area contributed by atoms with Crippen LogP contribution in [0, 0.1) is 5.92 Å². The molecule has 1 aliphatic rings. The minimum Gasteiger partial charge on any atom is -0.326 e. The zero-order valence-electron chi connectivity index (χ0n) is 12.1. The molecule has 2 atom stereocenters. The Morgan fingerprint density at radius 2 is 2.27 bits per heavy atom. The fourth-order valence-electron chi connectivity index (χ4n) is 2.74. The minimum atomic E-state index is -0.104. The van der Waals surface area contributed by atoms with Crippen molar-refractivity contribution < 1.29 is 4.79 Å². The molecule has 2 heterocycles. The molecule has 0 bridgehead atoms. The molecule has 0 radical (unpaired) electrons. The van der Waals surface area contributed by atoms with Crippen LogP contribution >= 0.6 is 24.0 Å². The van der Waals surface area contributed by atoms with Crippen molar-refractivity contribution in [2.75, 3.05) is 18.4 Å². The van der Waals surface area contributed by atoms with Gasteiger partial charge in [0, 0.05) is 43.0 Å². The van der Waals surface area contributed by atoms with Crippen LogP contribution in [0.5, 0.6) is 0 Å². The van der Waals surface area contributed by atoms with E-state index in [2.05, 4.69) is 15.7 Å². The molecule has 22 heavy (non-hydrogen) atoms. The van der Waals surface area contributed by atoms with Gasteiger partial charge in [-0.05, 0) is 23.8 Å². The van der Waals surface area contributed by atoms with Gasteiger partial charge in [0.15, 0.2) is 0 Å². The number of amides is 1. The predicted molar refractivity (Wildman–Crippen MR) is 89.6 cm³/mol. The summed E-state index contributed by atoms with van der Waals surface area (Å²) in [4.78, 5) is 12.5. The highest BCUT2D eigenvalue weighted by Gasteiger charge is 2.34. The molecule has 3 rings (SSSR count). The smallest absolute Gasteiger partial charge is 0.229 e. The standard InChI is InChI=1S/C15H17ClN4O.ClH/c1-20-9-10(6-18-20)13-7-17-8-14(13)15(21)19-12-4-2-3-11(16)5-12;/h2-6,9,13-14,17H,7-8H2,1H3,(H,19,21);1H/t13-,14+;/m1./s1. The first-order valence-corrected chi connectivity index (χ1v) is 7.27. The number of anilines is 1. The summed E-state index contributed by atoms with van der Waals surface area (Å²) in [5.74, 6) is 0.0576. The summed E-state index contributed by atoms with van der Waals surface area (Å²) in [6.45, 7) is 1.46. The van der Waals surface area contributed by atoms with Gasteiger partial charge in [-0.1, -0.05) is 17.7 Å². The summed E-state index contributed by atoms with van der Waals surface area (Å²) >= 11 is 5.94. The van der Waals surface area contributed by atoms with Crippen molar-refractivity contribution in [2.45, 2.75) is 5.92 Å². The van der Waals surface area contributed by atoms with E-state index in [1.807, 2.05) is 31.6 Å². The van der Waals surface area contributed by atoms with E-state index in [1.54, 1.807) is 16.8 Å². The number of carbonyl (C=O) groups is 1. The number of nitrogens with zero attached hydrogens (tertiary/aromatic N) is 2. The summed E-state index contributed by atoms with van der Waals surface area (Å²) in [5.41, 5.74) is 1.82. The van der Waals surface area contributed by atoms with Gasteiger partial charge < -0.3 is 10.6 Å². The van der Waals surface area contributed by atoms with E-state index in [4.69, 9.17) is 11.6 Å². The van der Waals surface area contributed by atoms with Crippen molar-refractivity contribution >= 4 is 35.6 Å². The van der Waals surface area contributed by atoms with Gasteiger partial charge in [0.2, 0.25) is 5.91 Å². The third-order valence-electron chi connectivity index (χ3n) is 3.80. The lowest BCUT2D eigenvalue weighted by molar-refractivity contribution is -0.119. The van der Waals surface area contributed by atoms with Crippen molar-refractivity contribution in [1.82, 2.24) is 15.1 Å². The number of hydrogen-bond donors (Lipinski definition) is 2. The van der Waals surface area contributed by atoms with Gasteiger partial charge in [-0.15, -0.1) is 12.4 Å². The minimum absolute atomic E-state index is 0. The Bertz CT molecular complexity index is 658. The van der Waals surface area contributed by atoms with Gasteiger partial charge in [0.25, 0.3) is 0 Å². The maximum absolute atomic E-state index is 12.5. The van der Waals surface area contributed by atoms with Crippen LogP contribution in [0.3, 0.4) is 0 Å². The molecule has 0 saturated carbocycles. The first-order chi connectivity index (χ1) is 10.1. The second kappa shape index (κ2) is 7.13. The van der Waals surface area contributed by atoms with Crippen LogP contribution in [0.1, 0.15) is 11.5 Å². The second-order valence-electron chi connectivity index (χ2n) is 5.32. The molecule has 2 aromatic rings. The van der Waals surface area contributed by atoms with Gasteiger partial charge in [-0.2, -0.15) is 5.10 Å². The summed E-state index contributed by atoms with van der Waals surface area (Å²) < 4.78 is 1.76. The lowest BCUT2D eigenvalue weighted by atomic mass is 9.90. The Hall–Kier alpha value is -1.56. The highest BCUT2D eigenvalue weighted by Crippen LogP contribution is 2.29. The van der Waals surface area contributed by atoms with Gasteiger partial charge in [0.05, 0.1) is 12.1 Å². The zero-order valence-corrected chi connectivity index (χ0v) is 13.7. The van der Waals surface area contributed by atoms with Crippen molar-refractivity contribution in [3.05, 3.63) is 47.2 Å². The molecule has 1 aromatic heterocycles. The number of carbonyl (C=O) groups excluding carboxylic acids is 1. The van der Waals surface area contributed by atoms with Crippen LogP contribution in [0.2, 0.25) is 5.02 Å². The number of rotatable bonds is 3. The molecule has 1 aromatic carbocycles. The van der Waals surface area contributed by atoms with E-state index in [0.29, 0.717) is 11.6 Å². The highest BCUT2D eigenvalue weighted by atomic mass is 35.5. The van der Waals surface area contributed by atoms with E-state index in [-0.39, 0.29) is 30.2 Å². The van der Waals surface area contributed by atoms with Crippen molar-refractivity contribution in [3.63, 3.8) is 0 Å². The van der Waals surface area contributed by atoms with Crippen LogP contribution in [-0.4, -0.2) is 28.8 Å². The zero-order chi connectivity index (χ0) is 14.8. The number of benzene rings is 1. The van der Waals surface area contributed by atoms with Crippen molar-refractivity contribution in [1.29, 1.82) is 0 Å². The Morgan fingerprint density at radius 3 is 2.95 bits per heavy atom. The molecule has 1 fully saturated rings. The quantitative estimate of drug-likeness (QED) is 0.902. The first kappa shape index (κ1) is 16.8. The van der Waals surface area contributed by atoms with E-state index >= 15 is 0 Å². The molecule has 1 aliphatic heterocycles. The monoisotopic (exact) mass is 340 g/mol. The molecular weight excluding hydrogens is 323 g/mol. The highest BCUT2D eigenvalue weighted by molar-refractivity contribution is 6.30. The second-order valence-corrected chi connectivity index (χ2v) is 5.75. The van der Waals surface area contributed by atoms with E-state index in [9.17, 15) is 4.79 Å². The largest absolute Gasteiger partial charge is 0.326 e. The van der Waals surface area contributed by atoms with Crippen molar-refractivity contribution in [3.8, 4) is 0 Å². The SMILES string of the molecule is Cl.Cn1cc([C@H]2CNC[C@@H]2C(=O)Nc2cccc(Cl)c2)cn1. The van der Waals surface area contributed by atoms with Gasteiger partial charge >= 0.3 is 0 Å². The van der Waals surface area contributed by atoms with Crippen LogP contribution in [0.15, 0.2) is 36.7 Å². The topological polar surface area (TPSA) is 59.0 Å². The van der Waals surface area contributed by atoms with Crippen LogP contribution in [0.25, 0.3) is 0 Å². The molecule has 0 spiro atoms. The third-order valence-corrected chi connectivity index (χ3v) is 4.03. The fraction of sp³-hybridized carbons (Fsp3) is 0.333. The van der Waals surface area contributed by atoms with E-state index < -0.39 is 0 Å². The fourth-order valence-corrected chi connectivity index (χ4v) is 2.93. The molecule has 2 N–H and O–H groups in total. The molecular formula is C15H18Cl2N4O. The number of nitrogens with one attached hydrogen (secondary N) is 2. The van der Waals surface area contributed by atoms with E-state index in [0.717, 1.165) is 17.8 Å². The van der Waals surface area contributed by atoms with Gasteiger partial charge in [0.1, 0.15) is 0 Å². The normalized spacial score (nSPS) is 20.5. The Balaban J connectivity index is 0.00000176. The van der Waals surface area contributed by atoms with Crippen molar-refractivity contribution in [2.24, 2.45) is 13.0 Å². The average Bonchev–Trinajstić information content (AvgIpc) is 3.06. The Morgan fingerprint density at radius 1 is 1.45 bits per heavy atom. The molecule has 5 nitrogen and oxygen atoms in total. The number of halogens is 2. The van der Waals surface area contributed by atoms with Crippen LogP contribution < -0.4 is 10.6 Å². The van der Waals surface area contributed by atoms with Gasteiger partial charge in [-0.3, -0.25) is 9.48 Å². The summed E-state index contributed by atoms with van der Waals surface area (Å²) in [6.07, 6.45) is 3.80. The van der Waals surface area contributed by atoms with Crippen LogP contribution in [0.4, 0.5) is 5.69 Å². The number of hydrogen-bond acceptors (Lipinski definition) is 3. The molecule has 1 amide bonds. The summed E-state index contributed by atoms with van der Waals surface area (Å²) in [7, 11) is 1.88. The Kier molecular flexibility index (Phi) is 5.45. The molecule has 0 unspecified atom stereocenters. The first-order valence-electron chi connectivity index (χ1n) is 6.89. The summed E-state index contributed by atoms with van der Waals surface area (Å²) in [5, 5.41) is 11.0. The lowest BCUT2D eigenvalue weighted by Gasteiger charge is -2.17. The number of aryl methyl sites for hydroxylation is 1. The summed E-state index contributed by atoms with van der Waals surface area (Å²) in [6, 6.07) is 7.20. The molecule has 118 valence electrons. The van der Waals surface area contributed by atoms with Gasteiger partial charge in [-0.25, -0.2) is 0 Å². The van der Waals surface area contributed by atoms with Crippen LogP contribution in [-0.2, 0) is 11.8 Å². The maximum atomic E-state index is 12.5. The predicted octanol–water partition coefficient (Wildman–Crippen LogP) is 2.44. The maximum Gasteiger partial charge on any atom is 0.229 e. The third kappa shape index (κ3) is 3.61. The average molecular weight is 341 g/mol. The number of aromatic nitrogens is 2. The molecule has 7 heteroatoms. The molecule has 1 saturated heterocycles.